The number of carbonyl (C=O) groups excluding carboxylic acids is 1. The molecule has 18 heavy (non-hydrogen) atoms. The van der Waals surface area contributed by atoms with Crippen molar-refractivity contribution in [1.82, 2.24) is 5.32 Å². The molecule has 0 saturated heterocycles. The van der Waals surface area contributed by atoms with Gasteiger partial charge in [0.1, 0.15) is 10.8 Å². The fraction of sp³-hybridized carbons (Fsp3) is 0.417. The number of ether oxygens (including phenoxy) is 1. The van der Waals surface area contributed by atoms with Crippen LogP contribution in [0, 0.1) is 0 Å². The Labute approximate surface area is 116 Å². The monoisotopic (exact) mass is 291 g/mol. The van der Waals surface area contributed by atoms with Gasteiger partial charge in [-0.25, -0.2) is 0 Å². The Balaban J connectivity index is 2.56. The lowest BCUT2D eigenvalue weighted by atomic mass is 10.1. The molecule has 0 aromatic heterocycles. The van der Waals surface area contributed by atoms with E-state index < -0.39 is 5.54 Å². The van der Waals surface area contributed by atoms with Crippen LogP contribution in [-0.2, 0) is 4.79 Å². The van der Waals surface area contributed by atoms with E-state index in [1.165, 1.54) is 0 Å². The fourth-order valence-electron chi connectivity index (χ4n) is 1.19. The number of carbonyl (C=O) groups is 1. The van der Waals surface area contributed by atoms with E-state index in [2.05, 4.69) is 5.32 Å². The van der Waals surface area contributed by atoms with Crippen molar-refractivity contribution in [1.29, 1.82) is 0 Å². The largest absolute Gasteiger partial charge is 0.482 e. The van der Waals surface area contributed by atoms with Gasteiger partial charge >= 0.3 is 0 Å². The molecule has 0 aliphatic heterocycles. The molecular weight excluding hydrogens is 277 g/mol. The van der Waals surface area contributed by atoms with Crippen LogP contribution in [0.15, 0.2) is 18.2 Å². The Kier molecular flexibility index (Phi) is 5.26. The summed E-state index contributed by atoms with van der Waals surface area (Å²) in [6.45, 7) is 3.06. The summed E-state index contributed by atoms with van der Waals surface area (Å²) < 4.78 is 5.26. The van der Waals surface area contributed by atoms with Crippen LogP contribution in [0.4, 0.5) is 0 Å². The Bertz CT molecular complexity index is 435. The average molecular weight is 292 g/mol. The van der Waals surface area contributed by atoms with Crippen molar-refractivity contribution in [2.75, 3.05) is 13.2 Å². The van der Waals surface area contributed by atoms with Crippen LogP contribution in [0.25, 0.3) is 0 Å². The number of halogens is 2. The maximum atomic E-state index is 11.6. The van der Waals surface area contributed by atoms with E-state index in [0.717, 1.165) is 0 Å². The summed E-state index contributed by atoms with van der Waals surface area (Å²) in [5.74, 6) is 0.00575. The molecule has 0 saturated carbocycles. The second-order valence-corrected chi connectivity index (χ2v) is 5.22. The molecule has 0 aliphatic rings. The maximum Gasteiger partial charge on any atom is 0.258 e. The van der Waals surface area contributed by atoms with Gasteiger partial charge in [-0.1, -0.05) is 29.3 Å². The molecular formula is C12H15Cl2NO3. The zero-order valence-electron chi connectivity index (χ0n) is 10.2. The van der Waals surface area contributed by atoms with Crippen LogP contribution in [0.5, 0.6) is 5.75 Å². The molecule has 0 radical (unpaired) electrons. The Hall–Kier alpha value is -0.970. The molecule has 2 N–H and O–H groups in total. The number of nitrogens with one attached hydrogen (secondary N) is 1. The minimum atomic E-state index is -0.682. The minimum Gasteiger partial charge on any atom is -0.482 e. The number of amides is 1. The van der Waals surface area contributed by atoms with E-state index in [1.807, 2.05) is 0 Å². The molecule has 1 aromatic rings. The highest BCUT2D eigenvalue weighted by Crippen LogP contribution is 2.31. The van der Waals surface area contributed by atoms with Crippen molar-refractivity contribution in [2.45, 2.75) is 19.4 Å². The van der Waals surface area contributed by atoms with Crippen molar-refractivity contribution in [3.63, 3.8) is 0 Å². The molecule has 0 spiro atoms. The third kappa shape index (κ3) is 4.37. The standard InChI is InChI=1S/C12H15Cl2NO3/c1-12(2,7-16)15-10(17)6-18-9-5-3-4-8(13)11(9)14/h3-5,16H,6-7H2,1-2H3,(H,15,17). The van der Waals surface area contributed by atoms with E-state index in [1.54, 1.807) is 32.0 Å². The SMILES string of the molecule is CC(C)(CO)NC(=O)COc1cccc(Cl)c1Cl. The number of hydrogen-bond acceptors (Lipinski definition) is 3. The minimum absolute atomic E-state index is 0.156. The molecule has 1 amide bonds. The first-order valence-electron chi connectivity index (χ1n) is 5.34. The smallest absolute Gasteiger partial charge is 0.258 e. The van der Waals surface area contributed by atoms with Gasteiger partial charge in [-0.05, 0) is 26.0 Å². The van der Waals surface area contributed by atoms with Crippen LogP contribution < -0.4 is 10.1 Å². The average Bonchev–Trinajstić information content (AvgIpc) is 2.30. The zero-order chi connectivity index (χ0) is 13.8. The Morgan fingerprint density at radius 3 is 2.72 bits per heavy atom. The van der Waals surface area contributed by atoms with Crippen molar-refractivity contribution in [2.24, 2.45) is 0 Å². The lowest BCUT2D eigenvalue weighted by molar-refractivity contribution is -0.125. The highest BCUT2D eigenvalue weighted by atomic mass is 35.5. The van der Waals surface area contributed by atoms with Crippen molar-refractivity contribution in [3.8, 4) is 5.75 Å². The second kappa shape index (κ2) is 6.27. The molecule has 0 heterocycles. The highest BCUT2D eigenvalue weighted by molar-refractivity contribution is 6.42. The molecule has 100 valence electrons. The second-order valence-electron chi connectivity index (χ2n) is 4.43. The van der Waals surface area contributed by atoms with Crippen LogP contribution in [0.3, 0.4) is 0 Å². The normalized spacial score (nSPS) is 11.2. The van der Waals surface area contributed by atoms with Crippen LogP contribution in [0.2, 0.25) is 10.0 Å². The molecule has 0 aliphatic carbocycles. The molecule has 0 atom stereocenters. The quantitative estimate of drug-likeness (QED) is 0.875. The van der Waals surface area contributed by atoms with Crippen LogP contribution >= 0.6 is 23.2 Å². The molecule has 4 nitrogen and oxygen atoms in total. The van der Waals surface area contributed by atoms with Gasteiger partial charge < -0.3 is 15.2 Å². The van der Waals surface area contributed by atoms with Gasteiger partial charge in [0.25, 0.3) is 5.91 Å². The first-order valence-corrected chi connectivity index (χ1v) is 6.10. The van der Waals surface area contributed by atoms with Gasteiger partial charge in [0, 0.05) is 0 Å². The van der Waals surface area contributed by atoms with E-state index in [9.17, 15) is 4.79 Å². The predicted molar refractivity (Wildman–Crippen MR) is 71.3 cm³/mol. The summed E-state index contributed by atoms with van der Waals surface area (Å²) in [4.78, 5) is 11.6. The summed E-state index contributed by atoms with van der Waals surface area (Å²) >= 11 is 11.7. The van der Waals surface area contributed by atoms with Gasteiger partial charge in [0.2, 0.25) is 0 Å². The number of benzene rings is 1. The number of rotatable bonds is 5. The van der Waals surface area contributed by atoms with Crippen molar-refractivity contribution >= 4 is 29.1 Å². The van der Waals surface area contributed by atoms with E-state index in [-0.39, 0.29) is 24.1 Å². The van der Waals surface area contributed by atoms with Gasteiger partial charge in [0.15, 0.2) is 6.61 Å². The summed E-state index contributed by atoms with van der Waals surface area (Å²) in [5.41, 5.74) is -0.682. The van der Waals surface area contributed by atoms with Gasteiger partial charge in [-0.3, -0.25) is 4.79 Å². The number of aliphatic hydroxyl groups excluding tert-OH is 1. The fourth-order valence-corrected chi connectivity index (χ4v) is 1.54. The van der Waals surface area contributed by atoms with Gasteiger partial charge in [0.05, 0.1) is 17.2 Å². The molecule has 1 aromatic carbocycles. The van der Waals surface area contributed by atoms with Crippen molar-refractivity contribution in [3.05, 3.63) is 28.2 Å². The first kappa shape index (κ1) is 15.1. The van der Waals surface area contributed by atoms with E-state index >= 15 is 0 Å². The van der Waals surface area contributed by atoms with Crippen molar-refractivity contribution < 1.29 is 14.6 Å². The molecule has 0 fully saturated rings. The molecule has 6 heteroatoms. The summed E-state index contributed by atoms with van der Waals surface area (Å²) in [6, 6.07) is 4.93. The lowest BCUT2D eigenvalue weighted by Crippen LogP contribution is -2.48. The van der Waals surface area contributed by atoms with E-state index in [4.69, 9.17) is 33.0 Å². The summed E-state index contributed by atoms with van der Waals surface area (Å²) in [7, 11) is 0. The summed E-state index contributed by atoms with van der Waals surface area (Å²) in [5, 5.41) is 12.3. The van der Waals surface area contributed by atoms with Crippen LogP contribution in [0.1, 0.15) is 13.8 Å². The number of hydrogen-bond donors (Lipinski definition) is 2. The molecule has 0 unspecified atom stereocenters. The summed E-state index contributed by atoms with van der Waals surface area (Å²) in [6.07, 6.45) is 0. The third-order valence-electron chi connectivity index (χ3n) is 2.15. The highest BCUT2D eigenvalue weighted by Gasteiger charge is 2.19. The topological polar surface area (TPSA) is 58.6 Å². The zero-order valence-corrected chi connectivity index (χ0v) is 11.7. The number of aliphatic hydroxyl groups is 1. The lowest BCUT2D eigenvalue weighted by Gasteiger charge is -2.23. The van der Waals surface area contributed by atoms with Crippen LogP contribution in [-0.4, -0.2) is 29.8 Å². The van der Waals surface area contributed by atoms with Gasteiger partial charge in [-0.2, -0.15) is 0 Å². The van der Waals surface area contributed by atoms with Gasteiger partial charge in [-0.15, -0.1) is 0 Å². The molecule has 1 rings (SSSR count). The van der Waals surface area contributed by atoms with E-state index in [0.29, 0.717) is 10.8 Å². The third-order valence-corrected chi connectivity index (χ3v) is 2.95. The molecule has 0 bridgehead atoms. The Morgan fingerprint density at radius 1 is 1.44 bits per heavy atom. The maximum absolute atomic E-state index is 11.6. The first-order chi connectivity index (χ1) is 8.35. The predicted octanol–water partition coefficient (Wildman–Crippen LogP) is 2.26. The Morgan fingerprint density at radius 2 is 2.11 bits per heavy atom.